The Morgan fingerprint density at radius 3 is 2.08 bits per heavy atom. The SMILES string of the molecule is Nc1ccc(C=Cc2ccc(-c3ccccc3)cc2)c(S(=O)(=O)O)c1. The van der Waals surface area contributed by atoms with Crippen LogP contribution in [0.15, 0.2) is 77.7 Å². The van der Waals surface area contributed by atoms with E-state index in [-0.39, 0.29) is 10.6 Å². The molecular formula is C20H17NO3S. The van der Waals surface area contributed by atoms with Gasteiger partial charge in [0, 0.05) is 5.69 Å². The summed E-state index contributed by atoms with van der Waals surface area (Å²) in [5.74, 6) is 0. The molecule has 126 valence electrons. The second-order valence-electron chi connectivity index (χ2n) is 5.59. The summed E-state index contributed by atoms with van der Waals surface area (Å²) in [6, 6.07) is 22.3. The van der Waals surface area contributed by atoms with E-state index in [1.54, 1.807) is 24.3 Å². The first-order chi connectivity index (χ1) is 11.9. The minimum absolute atomic E-state index is 0.204. The lowest BCUT2D eigenvalue weighted by Crippen LogP contribution is -2.02. The van der Waals surface area contributed by atoms with Gasteiger partial charge in [-0.05, 0) is 34.4 Å². The Morgan fingerprint density at radius 1 is 0.800 bits per heavy atom. The number of hydrogen-bond acceptors (Lipinski definition) is 3. The van der Waals surface area contributed by atoms with E-state index >= 15 is 0 Å². The zero-order valence-corrected chi connectivity index (χ0v) is 14.1. The maximum absolute atomic E-state index is 11.5. The van der Waals surface area contributed by atoms with Crippen LogP contribution in [-0.2, 0) is 10.1 Å². The van der Waals surface area contributed by atoms with Crippen molar-refractivity contribution in [1.82, 2.24) is 0 Å². The summed E-state index contributed by atoms with van der Waals surface area (Å²) < 4.78 is 32.3. The largest absolute Gasteiger partial charge is 0.399 e. The van der Waals surface area contributed by atoms with E-state index in [1.807, 2.05) is 54.6 Å². The molecule has 0 aliphatic carbocycles. The van der Waals surface area contributed by atoms with E-state index in [9.17, 15) is 13.0 Å². The van der Waals surface area contributed by atoms with Crippen LogP contribution in [0.25, 0.3) is 23.3 Å². The second kappa shape index (κ2) is 6.93. The van der Waals surface area contributed by atoms with E-state index < -0.39 is 10.1 Å². The smallest absolute Gasteiger partial charge is 0.295 e. The summed E-state index contributed by atoms with van der Waals surface area (Å²) in [4.78, 5) is -0.204. The highest BCUT2D eigenvalue weighted by Crippen LogP contribution is 2.23. The van der Waals surface area contributed by atoms with E-state index in [0.29, 0.717) is 5.56 Å². The van der Waals surface area contributed by atoms with Gasteiger partial charge in [0.15, 0.2) is 0 Å². The molecule has 4 nitrogen and oxygen atoms in total. The minimum atomic E-state index is -4.33. The number of hydrogen-bond donors (Lipinski definition) is 2. The molecule has 3 rings (SSSR count). The highest BCUT2D eigenvalue weighted by atomic mass is 32.2. The van der Waals surface area contributed by atoms with Crippen LogP contribution in [0.5, 0.6) is 0 Å². The molecule has 0 atom stereocenters. The average molecular weight is 351 g/mol. The van der Waals surface area contributed by atoms with Gasteiger partial charge in [-0.15, -0.1) is 0 Å². The molecule has 0 saturated carbocycles. The highest BCUT2D eigenvalue weighted by Gasteiger charge is 2.14. The van der Waals surface area contributed by atoms with Crippen LogP contribution < -0.4 is 5.73 Å². The standard InChI is InChI=1S/C20H17NO3S/c21-19-13-12-18(20(14-19)25(22,23)24)11-8-15-6-9-17(10-7-15)16-4-2-1-3-5-16/h1-14H,21H2,(H,22,23,24). The Morgan fingerprint density at radius 2 is 1.44 bits per heavy atom. The Balaban J connectivity index is 1.88. The topological polar surface area (TPSA) is 80.4 Å². The number of nitrogen functional groups attached to an aromatic ring is 1. The van der Waals surface area contributed by atoms with Crippen molar-refractivity contribution < 1.29 is 13.0 Å². The molecule has 3 aromatic rings. The third-order valence-corrected chi connectivity index (χ3v) is 4.70. The summed E-state index contributed by atoms with van der Waals surface area (Å²) in [6.07, 6.45) is 3.43. The van der Waals surface area contributed by atoms with Crippen molar-refractivity contribution in [1.29, 1.82) is 0 Å². The predicted octanol–water partition coefficient (Wildman–Crippen LogP) is 4.35. The molecule has 0 aliphatic rings. The number of rotatable bonds is 4. The summed E-state index contributed by atoms with van der Waals surface area (Å²) in [6.45, 7) is 0. The predicted molar refractivity (Wildman–Crippen MR) is 101 cm³/mol. The van der Waals surface area contributed by atoms with Crippen LogP contribution in [0.4, 0.5) is 5.69 Å². The summed E-state index contributed by atoms with van der Waals surface area (Å²) in [5.41, 5.74) is 9.40. The number of nitrogens with two attached hydrogens (primary N) is 1. The van der Waals surface area contributed by atoms with Crippen molar-refractivity contribution in [3.63, 3.8) is 0 Å². The van der Waals surface area contributed by atoms with Crippen LogP contribution in [0, 0.1) is 0 Å². The van der Waals surface area contributed by atoms with Crippen LogP contribution in [0.2, 0.25) is 0 Å². The van der Waals surface area contributed by atoms with E-state index in [4.69, 9.17) is 5.73 Å². The molecule has 3 N–H and O–H groups in total. The summed E-state index contributed by atoms with van der Waals surface area (Å²) in [5, 5.41) is 0. The van der Waals surface area contributed by atoms with Crippen LogP contribution in [0.1, 0.15) is 11.1 Å². The Kier molecular flexibility index (Phi) is 4.70. The molecule has 0 unspecified atom stereocenters. The first-order valence-electron chi connectivity index (χ1n) is 7.64. The molecule has 0 radical (unpaired) electrons. The Labute approximate surface area is 147 Å². The molecule has 0 bridgehead atoms. The quantitative estimate of drug-likeness (QED) is 0.416. The molecule has 5 heteroatoms. The molecule has 0 amide bonds. The first kappa shape index (κ1) is 17.0. The zero-order valence-electron chi connectivity index (χ0n) is 13.3. The average Bonchev–Trinajstić information content (AvgIpc) is 2.61. The maximum Gasteiger partial charge on any atom is 0.295 e. The lowest BCUT2D eigenvalue weighted by molar-refractivity contribution is 0.483. The molecule has 0 heterocycles. The van der Waals surface area contributed by atoms with Gasteiger partial charge in [0.2, 0.25) is 0 Å². The fourth-order valence-electron chi connectivity index (χ4n) is 2.52. The van der Waals surface area contributed by atoms with Gasteiger partial charge in [-0.3, -0.25) is 4.55 Å². The van der Waals surface area contributed by atoms with E-state index in [0.717, 1.165) is 16.7 Å². The van der Waals surface area contributed by atoms with Gasteiger partial charge in [-0.2, -0.15) is 8.42 Å². The van der Waals surface area contributed by atoms with Gasteiger partial charge in [-0.25, -0.2) is 0 Å². The second-order valence-corrected chi connectivity index (χ2v) is 6.98. The molecule has 0 aromatic heterocycles. The monoisotopic (exact) mass is 351 g/mol. The first-order valence-corrected chi connectivity index (χ1v) is 9.08. The molecule has 25 heavy (non-hydrogen) atoms. The number of benzene rings is 3. The van der Waals surface area contributed by atoms with Crippen molar-refractivity contribution in [2.75, 3.05) is 5.73 Å². The van der Waals surface area contributed by atoms with Crippen molar-refractivity contribution >= 4 is 28.0 Å². The van der Waals surface area contributed by atoms with E-state index in [1.165, 1.54) is 6.07 Å². The van der Waals surface area contributed by atoms with Crippen LogP contribution in [0.3, 0.4) is 0 Å². The van der Waals surface area contributed by atoms with Crippen LogP contribution in [-0.4, -0.2) is 13.0 Å². The van der Waals surface area contributed by atoms with Crippen molar-refractivity contribution in [3.05, 3.63) is 83.9 Å². The molecular weight excluding hydrogens is 334 g/mol. The molecule has 0 aliphatic heterocycles. The van der Waals surface area contributed by atoms with Crippen molar-refractivity contribution in [2.24, 2.45) is 0 Å². The number of anilines is 1. The van der Waals surface area contributed by atoms with Crippen molar-refractivity contribution in [3.8, 4) is 11.1 Å². The van der Waals surface area contributed by atoms with Gasteiger partial charge in [0.1, 0.15) is 4.90 Å². The molecule has 3 aromatic carbocycles. The van der Waals surface area contributed by atoms with Gasteiger partial charge < -0.3 is 5.73 Å². The Hall–Kier alpha value is -2.89. The molecule has 0 spiro atoms. The maximum atomic E-state index is 11.5. The fraction of sp³-hybridized carbons (Fsp3) is 0. The minimum Gasteiger partial charge on any atom is -0.399 e. The van der Waals surface area contributed by atoms with Crippen molar-refractivity contribution in [2.45, 2.75) is 4.90 Å². The lowest BCUT2D eigenvalue weighted by atomic mass is 10.0. The van der Waals surface area contributed by atoms with Gasteiger partial charge in [-0.1, -0.05) is 72.8 Å². The molecule has 0 saturated heterocycles. The summed E-state index contributed by atoms with van der Waals surface area (Å²) in [7, 11) is -4.33. The zero-order chi connectivity index (χ0) is 17.9. The van der Waals surface area contributed by atoms with Crippen LogP contribution >= 0.6 is 0 Å². The van der Waals surface area contributed by atoms with Gasteiger partial charge >= 0.3 is 0 Å². The van der Waals surface area contributed by atoms with E-state index in [2.05, 4.69) is 0 Å². The van der Waals surface area contributed by atoms with Gasteiger partial charge in [0.25, 0.3) is 10.1 Å². The highest BCUT2D eigenvalue weighted by molar-refractivity contribution is 7.86. The lowest BCUT2D eigenvalue weighted by Gasteiger charge is -2.05. The molecule has 0 fully saturated rings. The third-order valence-electron chi connectivity index (χ3n) is 3.79. The normalized spacial score (nSPS) is 11.7. The van der Waals surface area contributed by atoms with Gasteiger partial charge in [0.05, 0.1) is 0 Å². The Bertz CT molecular complexity index is 1010. The summed E-state index contributed by atoms with van der Waals surface area (Å²) >= 11 is 0. The third kappa shape index (κ3) is 4.15. The fourth-order valence-corrected chi connectivity index (χ4v) is 3.23.